The average molecular weight is 312 g/mol. The van der Waals surface area contributed by atoms with Crippen LogP contribution in [0.2, 0.25) is 5.02 Å². The molecule has 22 heavy (non-hydrogen) atoms. The molecule has 0 aliphatic heterocycles. The molecule has 3 aromatic rings. The number of hydrogen-bond donors (Lipinski definition) is 1. The molecule has 0 bridgehead atoms. The Bertz CT molecular complexity index is 860. The van der Waals surface area contributed by atoms with Crippen LogP contribution in [0.3, 0.4) is 0 Å². The smallest absolute Gasteiger partial charge is 0.338 e. The lowest BCUT2D eigenvalue weighted by Gasteiger charge is -2.14. The standard InChI is InChI=1S/C18H14ClNO2/c1-2-14-17(18(21)22)16(11-6-4-3-5-7-11)13-10-12(19)8-9-15(13)20-14/h3-10H,2H2,1H3,(H,21,22). The van der Waals surface area contributed by atoms with Crippen molar-refractivity contribution in [2.45, 2.75) is 13.3 Å². The third kappa shape index (κ3) is 2.44. The van der Waals surface area contributed by atoms with Gasteiger partial charge in [-0.1, -0.05) is 48.9 Å². The molecule has 0 atom stereocenters. The molecule has 0 fully saturated rings. The fraction of sp³-hybridized carbons (Fsp3) is 0.111. The van der Waals surface area contributed by atoms with Gasteiger partial charge >= 0.3 is 5.97 Å². The Balaban J connectivity index is 2.50. The minimum atomic E-state index is -0.968. The lowest BCUT2D eigenvalue weighted by Crippen LogP contribution is -2.08. The first-order valence-electron chi connectivity index (χ1n) is 7.02. The normalized spacial score (nSPS) is 10.8. The van der Waals surface area contributed by atoms with Gasteiger partial charge in [-0.15, -0.1) is 0 Å². The number of aryl methyl sites for hydroxylation is 1. The van der Waals surface area contributed by atoms with Crippen molar-refractivity contribution in [1.82, 2.24) is 4.98 Å². The highest BCUT2D eigenvalue weighted by molar-refractivity contribution is 6.31. The minimum Gasteiger partial charge on any atom is -0.478 e. The van der Waals surface area contributed by atoms with E-state index in [0.29, 0.717) is 22.7 Å². The number of pyridine rings is 1. The summed E-state index contributed by atoms with van der Waals surface area (Å²) in [7, 11) is 0. The number of aromatic nitrogens is 1. The number of carbonyl (C=O) groups is 1. The predicted octanol–water partition coefficient (Wildman–Crippen LogP) is 4.82. The Hall–Kier alpha value is -2.39. The number of rotatable bonds is 3. The van der Waals surface area contributed by atoms with Crippen molar-refractivity contribution >= 4 is 28.5 Å². The van der Waals surface area contributed by atoms with Crippen LogP contribution < -0.4 is 0 Å². The fourth-order valence-corrected chi connectivity index (χ4v) is 2.85. The van der Waals surface area contributed by atoms with Gasteiger partial charge in [0.2, 0.25) is 0 Å². The van der Waals surface area contributed by atoms with Crippen molar-refractivity contribution in [3.05, 3.63) is 64.8 Å². The van der Waals surface area contributed by atoms with Crippen LogP contribution in [0.25, 0.3) is 22.0 Å². The monoisotopic (exact) mass is 311 g/mol. The van der Waals surface area contributed by atoms with Crippen molar-refractivity contribution in [2.24, 2.45) is 0 Å². The highest BCUT2D eigenvalue weighted by atomic mass is 35.5. The van der Waals surface area contributed by atoms with Gasteiger partial charge in [0, 0.05) is 16.0 Å². The summed E-state index contributed by atoms with van der Waals surface area (Å²) in [6, 6.07) is 14.9. The quantitative estimate of drug-likeness (QED) is 0.754. The first kappa shape index (κ1) is 14.5. The van der Waals surface area contributed by atoms with Crippen LogP contribution in [-0.2, 0) is 6.42 Å². The molecule has 3 nitrogen and oxygen atoms in total. The van der Waals surface area contributed by atoms with Crippen LogP contribution >= 0.6 is 11.6 Å². The summed E-state index contributed by atoms with van der Waals surface area (Å²) >= 11 is 6.11. The van der Waals surface area contributed by atoms with E-state index in [-0.39, 0.29) is 5.56 Å². The van der Waals surface area contributed by atoms with Gasteiger partial charge in [-0.25, -0.2) is 4.79 Å². The molecular formula is C18H14ClNO2. The van der Waals surface area contributed by atoms with E-state index in [2.05, 4.69) is 4.98 Å². The summed E-state index contributed by atoms with van der Waals surface area (Å²) in [5.74, 6) is -0.968. The molecule has 3 rings (SSSR count). The Morgan fingerprint density at radius 3 is 2.55 bits per heavy atom. The molecule has 1 aromatic heterocycles. The van der Waals surface area contributed by atoms with Crippen LogP contribution in [0.5, 0.6) is 0 Å². The number of benzene rings is 2. The van der Waals surface area contributed by atoms with E-state index in [1.54, 1.807) is 12.1 Å². The highest BCUT2D eigenvalue weighted by Crippen LogP contribution is 2.34. The van der Waals surface area contributed by atoms with E-state index < -0.39 is 5.97 Å². The van der Waals surface area contributed by atoms with Gasteiger partial charge in [0.15, 0.2) is 0 Å². The van der Waals surface area contributed by atoms with Gasteiger partial charge < -0.3 is 5.11 Å². The number of halogens is 1. The summed E-state index contributed by atoms with van der Waals surface area (Å²) in [4.78, 5) is 16.3. The second-order valence-corrected chi connectivity index (χ2v) is 5.43. The molecule has 0 saturated heterocycles. The molecule has 2 aromatic carbocycles. The van der Waals surface area contributed by atoms with Crippen LogP contribution in [0.1, 0.15) is 23.0 Å². The van der Waals surface area contributed by atoms with E-state index in [1.165, 1.54) is 0 Å². The maximum atomic E-state index is 11.8. The first-order chi connectivity index (χ1) is 10.6. The van der Waals surface area contributed by atoms with E-state index >= 15 is 0 Å². The zero-order valence-electron chi connectivity index (χ0n) is 12.0. The van der Waals surface area contributed by atoms with E-state index in [1.807, 2.05) is 43.3 Å². The summed E-state index contributed by atoms with van der Waals surface area (Å²) < 4.78 is 0. The van der Waals surface area contributed by atoms with E-state index in [9.17, 15) is 9.90 Å². The molecule has 0 unspecified atom stereocenters. The summed E-state index contributed by atoms with van der Waals surface area (Å²) in [6.07, 6.45) is 0.556. The van der Waals surface area contributed by atoms with Crippen molar-refractivity contribution in [1.29, 1.82) is 0 Å². The number of hydrogen-bond acceptors (Lipinski definition) is 2. The molecule has 1 N–H and O–H groups in total. The first-order valence-corrected chi connectivity index (χ1v) is 7.40. The number of fused-ring (bicyclic) bond motifs is 1. The van der Waals surface area contributed by atoms with Crippen molar-refractivity contribution < 1.29 is 9.90 Å². The second-order valence-electron chi connectivity index (χ2n) is 4.99. The van der Waals surface area contributed by atoms with E-state index in [0.717, 1.165) is 16.5 Å². The maximum Gasteiger partial charge on any atom is 0.338 e. The third-order valence-corrected chi connectivity index (χ3v) is 3.87. The molecule has 110 valence electrons. The molecule has 0 amide bonds. The lowest BCUT2D eigenvalue weighted by atomic mass is 9.93. The summed E-state index contributed by atoms with van der Waals surface area (Å²) in [5.41, 5.74) is 3.12. The third-order valence-electron chi connectivity index (χ3n) is 3.63. The fourth-order valence-electron chi connectivity index (χ4n) is 2.68. The Kier molecular flexibility index (Phi) is 3.82. The van der Waals surface area contributed by atoms with Crippen LogP contribution in [0, 0.1) is 0 Å². The Labute approximate surface area is 133 Å². The van der Waals surface area contributed by atoms with Gasteiger partial charge in [-0.2, -0.15) is 0 Å². The molecule has 1 heterocycles. The van der Waals surface area contributed by atoms with Gasteiger partial charge in [0.05, 0.1) is 16.8 Å². The molecule has 0 radical (unpaired) electrons. The number of nitrogens with zero attached hydrogens (tertiary/aromatic N) is 1. The number of carboxylic acid groups (broad SMARTS) is 1. The second kappa shape index (κ2) is 5.78. The number of carboxylic acids is 1. The molecule has 0 spiro atoms. The zero-order valence-corrected chi connectivity index (χ0v) is 12.8. The van der Waals surface area contributed by atoms with Crippen molar-refractivity contribution in [3.63, 3.8) is 0 Å². The van der Waals surface area contributed by atoms with Crippen LogP contribution in [0.15, 0.2) is 48.5 Å². The number of aromatic carboxylic acids is 1. The highest BCUT2D eigenvalue weighted by Gasteiger charge is 2.21. The zero-order chi connectivity index (χ0) is 15.7. The Morgan fingerprint density at radius 1 is 1.18 bits per heavy atom. The Morgan fingerprint density at radius 2 is 1.91 bits per heavy atom. The topological polar surface area (TPSA) is 50.2 Å². The molecule has 0 aliphatic rings. The molecule has 0 saturated carbocycles. The lowest BCUT2D eigenvalue weighted by molar-refractivity contribution is 0.0696. The van der Waals surface area contributed by atoms with Gasteiger partial charge in [0.25, 0.3) is 0 Å². The summed E-state index contributed by atoms with van der Waals surface area (Å²) in [6.45, 7) is 1.91. The molecule has 4 heteroatoms. The van der Waals surface area contributed by atoms with Crippen LogP contribution in [-0.4, -0.2) is 16.1 Å². The summed E-state index contributed by atoms with van der Waals surface area (Å²) in [5, 5.41) is 11.0. The van der Waals surface area contributed by atoms with Gasteiger partial charge in [-0.3, -0.25) is 4.98 Å². The van der Waals surface area contributed by atoms with Crippen LogP contribution in [0.4, 0.5) is 0 Å². The van der Waals surface area contributed by atoms with E-state index in [4.69, 9.17) is 11.6 Å². The SMILES string of the molecule is CCc1nc2ccc(Cl)cc2c(-c2ccccc2)c1C(=O)O. The average Bonchev–Trinajstić information content (AvgIpc) is 2.53. The van der Waals surface area contributed by atoms with Crippen molar-refractivity contribution in [3.8, 4) is 11.1 Å². The minimum absolute atomic E-state index is 0.253. The van der Waals surface area contributed by atoms with Gasteiger partial charge in [-0.05, 0) is 30.2 Å². The maximum absolute atomic E-state index is 11.8. The van der Waals surface area contributed by atoms with Gasteiger partial charge in [0.1, 0.15) is 0 Å². The largest absolute Gasteiger partial charge is 0.478 e. The van der Waals surface area contributed by atoms with Crippen molar-refractivity contribution in [2.75, 3.05) is 0 Å². The predicted molar refractivity (Wildman–Crippen MR) is 88.5 cm³/mol. The molecule has 0 aliphatic carbocycles. The molecular weight excluding hydrogens is 298 g/mol.